The molecule has 0 saturated carbocycles. The molecule has 1 fully saturated rings. The van der Waals surface area contributed by atoms with Gasteiger partial charge in [0.1, 0.15) is 42.3 Å². The van der Waals surface area contributed by atoms with Crippen LogP contribution in [0.4, 0.5) is 0 Å². The van der Waals surface area contributed by atoms with E-state index in [9.17, 15) is 53.4 Å². The van der Waals surface area contributed by atoms with E-state index < -0.39 is 120 Å². The highest BCUT2D eigenvalue weighted by molar-refractivity contribution is 8.76. The van der Waals surface area contributed by atoms with Gasteiger partial charge in [0, 0.05) is 29.8 Å². The third-order valence-electron chi connectivity index (χ3n) is 8.97. The Morgan fingerprint density at radius 3 is 1.83 bits per heavy atom. The molecular weight excluding hydrogens is 815 g/mol. The first-order valence-electron chi connectivity index (χ1n) is 19.0. The van der Waals surface area contributed by atoms with Gasteiger partial charge in [-0.2, -0.15) is 0 Å². The van der Waals surface area contributed by atoms with Crippen molar-refractivity contribution >= 4 is 74.9 Å². The monoisotopic (exact) mass is 871 g/mol. The van der Waals surface area contributed by atoms with Crippen LogP contribution in [0.1, 0.15) is 66.0 Å². The van der Waals surface area contributed by atoms with Crippen molar-refractivity contribution in [3.8, 4) is 0 Å². The minimum Gasteiger partial charge on any atom is -0.481 e. The zero-order valence-electron chi connectivity index (χ0n) is 33.6. The number of carbonyl (C=O) groups is 9. The zero-order valence-corrected chi connectivity index (χ0v) is 35.2. The van der Waals surface area contributed by atoms with Crippen LogP contribution in [0.2, 0.25) is 0 Å². The van der Waals surface area contributed by atoms with Crippen molar-refractivity contribution in [2.45, 2.75) is 115 Å². The molecule has 0 aliphatic carbocycles. The van der Waals surface area contributed by atoms with Crippen LogP contribution in [0, 0.1) is 11.8 Å². The Balaban J connectivity index is 2.53. The number of rotatable bonds is 11. The number of aliphatic carboxylic acids is 2. The molecule has 24 heteroatoms. The summed E-state index contributed by atoms with van der Waals surface area (Å²) in [4.78, 5) is 125. The number of H-pyrrole nitrogens is 1. The van der Waals surface area contributed by atoms with Gasteiger partial charge in [0.25, 0.3) is 0 Å². The van der Waals surface area contributed by atoms with Crippen LogP contribution in [0.5, 0.6) is 0 Å². The highest BCUT2D eigenvalue weighted by atomic mass is 33.1. The van der Waals surface area contributed by atoms with Crippen molar-refractivity contribution in [3.05, 3.63) is 18.2 Å². The number of hydrogen-bond donors (Lipinski definition) is 12. The van der Waals surface area contributed by atoms with E-state index in [0.29, 0.717) is 25.1 Å². The van der Waals surface area contributed by atoms with Gasteiger partial charge in [0.05, 0.1) is 18.8 Å². The predicted octanol–water partition coefficient (Wildman–Crippen LogP) is -2.91. The summed E-state index contributed by atoms with van der Waals surface area (Å²) in [5, 5.41) is 36.8. The average molecular weight is 872 g/mol. The van der Waals surface area contributed by atoms with E-state index in [1.807, 2.05) is 0 Å². The van der Waals surface area contributed by atoms with Crippen LogP contribution in [0.25, 0.3) is 0 Å². The molecule has 0 radical (unpaired) electrons. The van der Waals surface area contributed by atoms with Gasteiger partial charge in [-0.25, -0.2) is 9.78 Å². The highest BCUT2D eigenvalue weighted by Crippen LogP contribution is 2.23. The van der Waals surface area contributed by atoms with Gasteiger partial charge in [-0.1, -0.05) is 49.3 Å². The first-order valence-corrected chi connectivity index (χ1v) is 21.5. The first-order chi connectivity index (χ1) is 27.7. The standard InChI is InChI=1S/C35H57N11O11S2/c1-16(2)26-33(54)43-23(11-25(47)48)32(53)44-24(35(56)57)14-59-58-13-20(37)29(50)41-21(8-6-7-9-36)30(51)42-22(10-19-12-38-15-39-19)31(52)40-18(5)28(49)45-27(17(3)4)34(55)46-26/h12,15-18,20-24,26-27H,6-11,13-14,36-37H2,1-5H3,(H,38,39)(H,40,52)(H,41,50)(H,42,51)(H,43,54)(H,44,53)(H,45,49)(H,46,55)(H,47,48)(H,56,57)/t18-,20-,21-,22-,23-,24-,26-,27-/m0/s1. The summed E-state index contributed by atoms with van der Waals surface area (Å²) in [5.74, 6) is -10.4. The fraction of sp³-hybridized carbons (Fsp3) is 0.657. The molecule has 1 aromatic rings. The van der Waals surface area contributed by atoms with Crippen LogP contribution in [0.3, 0.4) is 0 Å². The lowest BCUT2D eigenvalue weighted by Gasteiger charge is -2.29. The topological polar surface area (TPSA) is 359 Å². The number of aromatic amines is 1. The Bertz CT molecular complexity index is 1630. The van der Waals surface area contributed by atoms with Gasteiger partial charge in [-0.05, 0) is 44.6 Å². The highest BCUT2D eigenvalue weighted by Gasteiger charge is 2.36. The molecule has 7 amide bonds. The number of nitrogens with one attached hydrogen (secondary N) is 8. The molecule has 8 atom stereocenters. The molecule has 330 valence electrons. The number of carboxylic acid groups (broad SMARTS) is 2. The second-order valence-corrected chi connectivity index (χ2v) is 17.2. The van der Waals surface area contributed by atoms with E-state index in [0.717, 1.165) is 21.6 Å². The molecule has 0 aromatic carbocycles. The second-order valence-electron chi connectivity index (χ2n) is 14.6. The number of amides is 7. The SMILES string of the molecule is CC(C)[C@@H]1NC(=O)[C@H](C)NC(=O)[C@H](Cc2cnc[nH]2)NC(=O)[C@H](CCCCN)NC(=O)[C@@H](N)CSSC[C@@H](C(=O)O)NC(=O)[C@H](CC(=O)O)NC(=O)[C@H](C(C)C)NC1=O. The van der Waals surface area contributed by atoms with Crippen molar-refractivity contribution in [1.82, 2.24) is 47.2 Å². The molecular formula is C35H57N11O11S2. The molecule has 59 heavy (non-hydrogen) atoms. The van der Waals surface area contributed by atoms with Gasteiger partial charge < -0.3 is 63.9 Å². The molecule has 1 aromatic heterocycles. The Morgan fingerprint density at radius 1 is 0.729 bits per heavy atom. The van der Waals surface area contributed by atoms with Crippen LogP contribution in [-0.4, -0.2) is 140 Å². The van der Waals surface area contributed by atoms with Crippen molar-refractivity contribution in [2.75, 3.05) is 18.1 Å². The third-order valence-corrected chi connectivity index (χ3v) is 11.4. The maximum absolute atomic E-state index is 13.7. The van der Waals surface area contributed by atoms with E-state index in [-0.39, 0.29) is 24.3 Å². The number of nitrogens with two attached hydrogens (primary N) is 2. The summed E-state index contributed by atoms with van der Waals surface area (Å²) < 4.78 is 0. The van der Waals surface area contributed by atoms with Crippen LogP contribution < -0.4 is 48.7 Å². The van der Waals surface area contributed by atoms with Gasteiger partial charge in [-0.3, -0.25) is 38.4 Å². The predicted molar refractivity (Wildman–Crippen MR) is 217 cm³/mol. The lowest BCUT2D eigenvalue weighted by molar-refractivity contribution is -0.143. The van der Waals surface area contributed by atoms with Gasteiger partial charge in [0.2, 0.25) is 41.4 Å². The number of hydrogen-bond acceptors (Lipinski definition) is 14. The van der Waals surface area contributed by atoms with Crippen LogP contribution in [0.15, 0.2) is 12.5 Å². The van der Waals surface area contributed by atoms with Crippen LogP contribution in [-0.2, 0) is 49.6 Å². The number of unbranched alkanes of at least 4 members (excludes halogenated alkanes) is 1. The molecule has 1 aliphatic heterocycles. The molecule has 0 bridgehead atoms. The summed E-state index contributed by atoms with van der Waals surface area (Å²) in [7, 11) is 1.93. The van der Waals surface area contributed by atoms with Gasteiger partial charge in [0.15, 0.2) is 0 Å². The number of aromatic nitrogens is 2. The molecule has 0 unspecified atom stereocenters. The Morgan fingerprint density at radius 2 is 1.27 bits per heavy atom. The van der Waals surface area contributed by atoms with Crippen molar-refractivity contribution < 1.29 is 53.4 Å². The fourth-order valence-corrected chi connectivity index (χ4v) is 7.79. The maximum Gasteiger partial charge on any atom is 0.327 e. The van der Waals surface area contributed by atoms with E-state index in [2.05, 4.69) is 47.2 Å². The molecule has 1 aliphatic rings. The number of imidazole rings is 1. The van der Waals surface area contributed by atoms with E-state index in [4.69, 9.17) is 11.5 Å². The summed E-state index contributed by atoms with van der Waals surface area (Å²) >= 11 is 0. The minimum absolute atomic E-state index is 0.0730. The minimum atomic E-state index is -1.76. The molecule has 14 N–H and O–H groups in total. The van der Waals surface area contributed by atoms with Crippen molar-refractivity contribution in [1.29, 1.82) is 0 Å². The lowest BCUT2D eigenvalue weighted by Crippen LogP contribution is -2.61. The summed E-state index contributed by atoms with van der Waals surface area (Å²) in [6, 6.07) is -10.9. The molecule has 2 heterocycles. The van der Waals surface area contributed by atoms with E-state index in [1.165, 1.54) is 19.4 Å². The number of nitrogens with zero attached hydrogens (tertiary/aromatic N) is 1. The third kappa shape index (κ3) is 17.1. The smallest absolute Gasteiger partial charge is 0.327 e. The molecule has 0 spiro atoms. The lowest BCUT2D eigenvalue weighted by atomic mass is 9.99. The Labute approximate surface area is 349 Å². The van der Waals surface area contributed by atoms with Crippen molar-refractivity contribution in [2.24, 2.45) is 23.3 Å². The first kappa shape index (κ1) is 50.2. The average Bonchev–Trinajstić information content (AvgIpc) is 3.67. The second kappa shape index (κ2) is 24.9. The number of carbonyl (C=O) groups excluding carboxylic acids is 7. The fourth-order valence-electron chi connectivity index (χ4n) is 5.51. The summed E-state index contributed by atoms with van der Waals surface area (Å²) in [6.45, 7) is 8.04. The Kier molecular flexibility index (Phi) is 21.2. The quantitative estimate of drug-likeness (QED) is 0.0783. The van der Waals surface area contributed by atoms with Gasteiger partial charge in [-0.15, -0.1) is 0 Å². The molecule has 1 saturated heterocycles. The van der Waals surface area contributed by atoms with E-state index in [1.54, 1.807) is 27.7 Å². The van der Waals surface area contributed by atoms with E-state index >= 15 is 0 Å². The maximum atomic E-state index is 13.7. The largest absolute Gasteiger partial charge is 0.481 e. The van der Waals surface area contributed by atoms with Crippen LogP contribution >= 0.6 is 21.6 Å². The molecule has 22 nitrogen and oxygen atoms in total. The molecule has 2 rings (SSSR count). The van der Waals surface area contributed by atoms with Gasteiger partial charge >= 0.3 is 11.9 Å². The van der Waals surface area contributed by atoms with Crippen molar-refractivity contribution in [3.63, 3.8) is 0 Å². The Hall–Kier alpha value is -4.94. The normalized spacial score (nSPS) is 26.8. The zero-order chi connectivity index (χ0) is 44.4. The summed E-state index contributed by atoms with van der Waals surface area (Å²) in [6.07, 6.45) is 2.85. The summed E-state index contributed by atoms with van der Waals surface area (Å²) in [5.41, 5.74) is 12.2. The number of carboxylic acids is 2.